The number of carbonyl (C=O) groups is 1. The van der Waals surface area contributed by atoms with E-state index in [1.165, 1.54) is 12.8 Å². The summed E-state index contributed by atoms with van der Waals surface area (Å²) in [6.45, 7) is 6.63. The lowest BCUT2D eigenvalue weighted by Crippen LogP contribution is -2.55. The number of piperazine rings is 1. The molecule has 2 saturated heterocycles. The maximum absolute atomic E-state index is 12.6. The second-order valence-electron chi connectivity index (χ2n) is 6.36. The van der Waals surface area contributed by atoms with Crippen molar-refractivity contribution >= 4 is 11.6 Å². The summed E-state index contributed by atoms with van der Waals surface area (Å²) in [5, 5.41) is 0. The van der Waals surface area contributed by atoms with Crippen LogP contribution in [0.3, 0.4) is 0 Å². The van der Waals surface area contributed by atoms with Crippen molar-refractivity contribution in [1.29, 1.82) is 0 Å². The average molecular weight is 303 g/mol. The molecule has 3 rings (SSSR count). The van der Waals surface area contributed by atoms with Gasteiger partial charge in [-0.15, -0.1) is 0 Å². The number of nitrogens with zero attached hydrogens (tertiary/aromatic N) is 2. The monoisotopic (exact) mass is 303 g/mol. The number of carbonyl (C=O) groups excluding carboxylic acids is 1. The van der Waals surface area contributed by atoms with Crippen LogP contribution in [0.1, 0.15) is 30.1 Å². The van der Waals surface area contributed by atoms with Crippen LogP contribution in [-0.2, 0) is 4.74 Å². The first kappa shape index (κ1) is 15.3. The number of rotatable bonds is 3. The zero-order chi connectivity index (χ0) is 15.5. The van der Waals surface area contributed by atoms with Crippen LogP contribution >= 0.6 is 0 Å². The lowest BCUT2D eigenvalue weighted by atomic mass is 10.1. The fourth-order valence-corrected chi connectivity index (χ4v) is 3.37. The predicted octanol–water partition coefficient (Wildman–Crippen LogP) is 1.59. The van der Waals surface area contributed by atoms with Gasteiger partial charge < -0.3 is 15.4 Å². The van der Waals surface area contributed by atoms with Gasteiger partial charge in [-0.2, -0.15) is 0 Å². The fraction of sp³-hybridized carbons (Fsp3) is 0.588. The summed E-state index contributed by atoms with van der Waals surface area (Å²) in [5.41, 5.74) is 7.09. The molecule has 2 atom stereocenters. The molecule has 2 aliphatic rings. The van der Waals surface area contributed by atoms with Gasteiger partial charge in [0.2, 0.25) is 0 Å². The van der Waals surface area contributed by atoms with Gasteiger partial charge in [0.25, 0.3) is 5.91 Å². The normalized spacial score (nSPS) is 26.3. The third-order valence-corrected chi connectivity index (χ3v) is 4.62. The number of benzene rings is 1. The van der Waals surface area contributed by atoms with Crippen molar-refractivity contribution in [2.24, 2.45) is 0 Å². The Morgan fingerprint density at radius 3 is 2.73 bits per heavy atom. The molecule has 2 aliphatic heterocycles. The first-order chi connectivity index (χ1) is 10.6. The Balaban J connectivity index is 1.57. The quantitative estimate of drug-likeness (QED) is 0.862. The fourth-order valence-electron chi connectivity index (χ4n) is 3.37. The highest BCUT2D eigenvalue weighted by Gasteiger charge is 2.29. The standard InChI is InChI=1S/C17H25N3O2/c1-13-11-19(12-16-3-2-10-22-16)8-9-20(13)17(21)14-4-6-15(18)7-5-14/h4-7,13,16H,2-3,8-12,18H2,1H3/t13?,16-/m0/s1. The SMILES string of the molecule is CC1CN(C[C@@H]2CCCO2)CCN1C(=O)c1ccc(N)cc1. The molecule has 2 heterocycles. The van der Waals surface area contributed by atoms with Crippen LogP contribution in [-0.4, -0.2) is 60.6 Å². The number of ether oxygens (including phenoxy) is 1. The van der Waals surface area contributed by atoms with Crippen LogP contribution < -0.4 is 5.73 Å². The van der Waals surface area contributed by atoms with Crippen molar-refractivity contribution in [3.8, 4) is 0 Å². The number of hydrogen-bond acceptors (Lipinski definition) is 4. The van der Waals surface area contributed by atoms with Crippen molar-refractivity contribution in [2.75, 3.05) is 38.5 Å². The van der Waals surface area contributed by atoms with Gasteiger partial charge in [-0.25, -0.2) is 0 Å². The smallest absolute Gasteiger partial charge is 0.254 e. The predicted molar refractivity (Wildman–Crippen MR) is 86.8 cm³/mol. The minimum absolute atomic E-state index is 0.101. The molecule has 0 radical (unpaired) electrons. The molecule has 22 heavy (non-hydrogen) atoms. The van der Waals surface area contributed by atoms with E-state index in [0.29, 0.717) is 17.4 Å². The molecule has 2 fully saturated rings. The summed E-state index contributed by atoms with van der Waals surface area (Å²) >= 11 is 0. The van der Waals surface area contributed by atoms with Gasteiger partial charge in [-0.1, -0.05) is 0 Å². The van der Waals surface area contributed by atoms with Crippen LogP contribution in [0.5, 0.6) is 0 Å². The Bertz CT molecular complexity index is 511. The van der Waals surface area contributed by atoms with Crippen molar-refractivity contribution in [1.82, 2.24) is 9.80 Å². The Hall–Kier alpha value is -1.59. The van der Waals surface area contributed by atoms with Gasteiger partial charge in [-0.3, -0.25) is 9.69 Å². The van der Waals surface area contributed by atoms with Crippen LogP contribution in [0.4, 0.5) is 5.69 Å². The van der Waals surface area contributed by atoms with Crippen LogP contribution in [0, 0.1) is 0 Å². The minimum atomic E-state index is 0.101. The van der Waals surface area contributed by atoms with E-state index >= 15 is 0 Å². The van der Waals surface area contributed by atoms with Gasteiger partial charge in [0, 0.05) is 50.1 Å². The number of amides is 1. The molecule has 0 spiro atoms. The van der Waals surface area contributed by atoms with Crippen molar-refractivity contribution in [3.63, 3.8) is 0 Å². The van der Waals surface area contributed by atoms with Crippen LogP contribution in [0.2, 0.25) is 0 Å². The number of hydrogen-bond donors (Lipinski definition) is 1. The van der Waals surface area contributed by atoms with E-state index < -0.39 is 0 Å². The van der Waals surface area contributed by atoms with Gasteiger partial charge in [0.05, 0.1) is 6.10 Å². The van der Waals surface area contributed by atoms with Crippen molar-refractivity contribution in [3.05, 3.63) is 29.8 Å². The largest absolute Gasteiger partial charge is 0.399 e. The van der Waals surface area contributed by atoms with E-state index in [1.807, 2.05) is 17.0 Å². The topological polar surface area (TPSA) is 58.8 Å². The van der Waals surface area contributed by atoms with Crippen molar-refractivity contribution in [2.45, 2.75) is 31.9 Å². The lowest BCUT2D eigenvalue weighted by Gasteiger charge is -2.40. The Labute approximate surface area is 132 Å². The van der Waals surface area contributed by atoms with E-state index in [0.717, 1.165) is 32.8 Å². The van der Waals surface area contributed by atoms with E-state index in [9.17, 15) is 4.79 Å². The molecule has 1 amide bonds. The second-order valence-corrected chi connectivity index (χ2v) is 6.36. The molecular weight excluding hydrogens is 278 g/mol. The first-order valence-corrected chi connectivity index (χ1v) is 8.14. The van der Waals surface area contributed by atoms with Gasteiger partial charge in [0.15, 0.2) is 0 Å². The zero-order valence-corrected chi connectivity index (χ0v) is 13.2. The molecule has 0 bridgehead atoms. The highest BCUT2D eigenvalue weighted by Crippen LogP contribution is 2.18. The average Bonchev–Trinajstić information content (AvgIpc) is 3.00. The molecular formula is C17H25N3O2. The van der Waals surface area contributed by atoms with Crippen LogP contribution in [0.25, 0.3) is 0 Å². The maximum Gasteiger partial charge on any atom is 0.254 e. The summed E-state index contributed by atoms with van der Waals surface area (Å²) in [5.74, 6) is 0.101. The summed E-state index contributed by atoms with van der Waals surface area (Å²) in [6.07, 6.45) is 2.72. The van der Waals surface area contributed by atoms with Crippen LogP contribution in [0.15, 0.2) is 24.3 Å². The van der Waals surface area contributed by atoms with E-state index in [1.54, 1.807) is 12.1 Å². The molecule has 2 N–H and O–H groups in total. The Morgan fingerprint density at radius 2 is 2.09 bits per heavy atom. The Morgan fingerprint density at radius 1 is 1.32 bits per heavy atom. The zero-order valence-electron chi connectivity index (χ0n) is 13.2. The lowest BCUT2D eigenvalue weighted by molar-refractivity contribution is 0.0279. The maximum atomic E-state index is 12.6. The molecule has 120 valence electrons. The molecule has 1 aromatic carbocycles. The molecule has 0 saturated carbocycles. The molecule has 0 aromatic heterocycles. The third-order valence-electron chi connectivity index (χ3n) is 4.62. The van der Waals surface area contributed by atoms with E-state index in [2.05, 4.69) is 11.8 Å². The first-order valence-electron chi connectivity index (χ1n) is 8.14. The van der Waals surface area contributed by atoms with Gasteiger partial charge in [0.1, 0.15) is 0 Å². The van der Waals surface area contributed by atoms with Crippen molar-refractivity contribution < 1.29 is 9.53 Å². The van der Waals surface area contributed by atoms with Gasteiger partial charge >= 0.3 is 0 Å². The van der Waals surface area contributed by atoms with E-state index in [4.69, 9.17) is 10.5 Å². The number of anilines is 1. The van der Waals surface area contributed by atoms with Gasteiger partial charge in [-0.05, 0) is 44.0 Å². The Kier molecular flexibility index (Phi) is 4.64. The third kappa shape index (κ3) is 3.42. The summed E-state index contributed by atoms with van der Waals surface area (Å²) in [7, 11) is 0. The highest BCUT2D eigenvalue weighted by atomic mass is 16.5. The molecule has 1 unspecified atom stereocenters. The summed E-state index contributed by atoms with van der Waals surface area (Å²) in [4.78, 5) is 17.0. The minimum Gasteiger partial charge on any atom is -0.399 e. The highest BCUT2D eigenvalue weighted by molar-refractivity contribution is 5.94. The summed E-state index contributed by atoms with van der Waals surface area (Å²) in [6, 6.07) is 7.41. The molecule has 0 aliphatic carbocycles. The number of nitrogen functional groups attached to an aromatic ring is 1. The molecule has 5 heteroatoms. The molecule has 5 nitrogen and oxygen atoms in total. The number of nitrogens with two attached hydrogens (primary N) is 1. The second kappa shape index (κ2) is 6.67. The summed E-state index contributed by atoms with van der Waals surface area (Å²) < 4.78 is 5.71. The van der Waals surface area contributed by atoms with E-state index in [-0.39, 0.29) is 11.9 Å². The molecule has 1 aromatic rings.